The first kappa shape index (κ1) is 11.1. The molecule has 1 fully saturated rings. The van der Waals surface area contributed by atoms with E-state index in [-0.39, 0.29) is 12.5 Å². The van der Waals surface area contributed by atoms with Crippen molar-refractivity contribution in [1.29, 1.82) is 0 Å². The quantitative estimate of drug-likeness (QED) is 0.771. The maximum atomic E-state index is 11.5. The molecule has 2 N–H and O–H groups in total. The van der Waals surface area contributed by atoms with Crippen LogP contribution >= 0.6 is 0 Å². The fourth-order valence-corrected chi connectivity index (χ4v) is 2.22. The normalized spacial score (nSPS) is 21.1. The van der Waals surface area contributed by atoms with E-state index in [1.807, 2.05) is 24.2 Å². The van der Waals surface area contributed by atoms with Crippen molar-refractivity contribution in [1.82, 2.24) is 14.7 Å². The van der Waals surface area contributed by atoms with Crippen LogP contribution in [0.2, 0.25) is 0 Å². The number of carbonyl (C=O) groups excluding carboxylic acids is 1. The molecule has 0 aromatic carbocycles. The summed E-state index contributed by atoms with van der Waals surface area (Å²) in [5.74, 6) is 0.408. The highest BCUT2D eigenvalue weighted by molar-refractivity contribution is 5.78. The van der Waals surface area contributed by atoms with Crippen molar-refractivity contribution < 1.29 is 4.79 Å². The molecule has 2 heterocycles. The number of rotatable bonds is 2. The summed E-state index contributed by atoms with van der Waals surface area (Å²) in [5, 5.41) is 4.40. The van der Waals surface area contributed by atoms with Crippen LogP contribution in [0.4, 0.5) is 0 Å². The number of nitrogens with zero attached hydrogens (tertiary/aromatic N) is 3. The topological polar surface area (TPSA) is 64.2 Å². The Balaban J connectivity index is 2.04. The number of likely N-dealkylation sites (tertiary alicyclic amines) is 1. The molecule has 88 valence electrons. The Morgan fingerprint density at radius 1 is 1.69 bits per heavy atom. The lowest BCUT2D eigenvalue weighted by Gasteiger charge is -2.31. The van der Waals surface area contributed by atoms with Gasteiger partial charge < -0.3 is 10.6 Å². The Morgan fingerprint density at radius 3 is 3.12 bits per heavy atom. The first-order valence-corrected chi connectivity index (χ1v) is 5.68. The van der Waals surface area contributed by atoms with Gasteiger partial charge in [-0.1, -0.05) is 0 Å². The fraction of sp³-hybridized carbons (Fsp3) is 0.636. The minimum atomic E-state index is 0.0423. The second kappa shape index (κ2) is 4.65. The Morgan fingerprint density at radius 2 is 2.50 bits per heavy atom. The highest BCUT2D eigenvalue weighted by Crippen LogP contribution is 2.25. The summed E-state index contributed by atoms with van der Waals surface area (Å²) in [7, 11) is 1.91. The molecule has 0 aliphatic carbocycles. The van der Waals surface area contributed by atoms with Gasteiger partial charge in [0.05, 0.1) is 12.2 Å². The van der Waals surface area contributed by atoms with Gasteiger partial charge in [0, 0.05) is 32.3 Å². The molecule has 1 atom stereocenters. The number of amides is 1. The van der Waals surface area contributed by atoms with E-state index in [1.165, 1.54) is 0 Å². The zero-order valence-electron chi connectivity index (χ0n) is 9.59. The second-order valence-corrected chi connectivity index (χ2v) is 4.30. The molecule has 1 amide bonds. The van der Waals surface area contributed by atoms with E-state index in [1.54, 1.807) is 4.68 Å². The van der Waals surface area contributed by atoms with E-state index in [4.69, 9.17) is 5.73 Å². The van der Waals surface area contributed by atoms with E-state index < -0.39 is 0 Å². The number of hydrogen-bond acceptors (Lipinski definition) is 3. The van der Waals surface area contributed by atoms with Gasteiger partial charge in [-0.3, -0.25) is 9.48 Å². The lowest BCUT2D eigenvalue weighted by Crippen LogP contribution is -2.42. The van der Waals surface area contributed by atoms with Crippen molar-refractivity contribution in [3.8, 4) is 0 Å². The van der Waals surface area contributed by atoms with Crippen LogP contribution < -0.4 is 5.73 Å². The Labute approximate surface area is 95.2 Å². The van der Waals surface area contributed by atoms with Crippen molar-refractivity contribution in [3.63, 3.8) is 0 Å². The summed E-state index contributed by atoms with van der Waals surface area (Å²) in [6.07, 6.45) is 4.08. The molecule has 5 heteroatoms. The monoisotopic (exact) mass is 222 g/mol. The highest BCUT2D eigenvalue weighted by Gasteiger charge is 2.25. The van der Waals surface area contributed by atoms with Crippen molar-refractivity contribution in [2.45, 2.75) is 18.8 Å². The van der Waals surface area contributed by atoms with Gasteiger partial charge in [-0.15, -0.1) is 0 Å². The minimum Gasteiger partial charge on any atom is -0.341 e. The molecular weight excluding hydrogens is 204 g/mol. The van der Waals surface area contributed by atoms with Gasteiger partial charge >= 0.3 is 0 Å². The van der Waals surface area contributed by atoms with Crippen LogP contribution in [-0.4, -0.2) is 40.2 Å². The third kappa shape index (κ3) is 2.24. The van der Waals surface area contributed by atoms with Crippen LogP contribution in [0.1, 0.15) is 24.5 Å². The SMILES string of the molecule is Cn1ccc([C@@H]2CCCN(C(=O)CN)C2)n1. The van der Waals surface area contributed by atoms with Gasteiger partial charge in [0.25, 0.3) is 0 Å². The molecule has 1 aliphatic rings. The zero-order valence-corrected chi connectivity index (χ0v) is 9.59. The van der Waals surface area contributed by atoms with Gasteiger partial charge in [0.15, 0.2) is 0 Å². The molecule has 0 spiro atoms. The van der Waals surface area contributed by atoms with Crippen molar-refractivity contribution in [2.24, 2.45) is 12.8 Å². The largest absolute Gasteiger partial charge is 0.341 e. The summed E-state index contributed by atoms with van der Waals surface area (Å²) in [6, 6.07) is 2.03. The van der Waals surface area contributed by atoms with Gasteiger partial charge in [-0.05, 0) is 18.9 Å². The zero-order chi connectivity index (χ0) is 11.5. The van der Waals surface area contributed by atoms with Gasteiger partial charge in [0.1, 0.15) is 0 Å². The predicted octanol–water partition coefficient (Wildman–Crippen LogP) is 0.0848. The highest BCUT2D eigenvalue weighted by atomic mass is 16.2. The third-order valence-corrected chi connectivity index (χ3v) is 3.10. The Hall–Kier alpha value is -1.36. The number of hydrogen-bond donors (Lipinski definition) is 1. The molecular formula is C11H18N4O. The Bertz CT molecular complexity index is 374. The first-order chi connectivity index (χ1) is 7.70. The van der Waals surface area contributed by atoms with E-state index >= 15 is 0 Å². The van der Waals surface area contributed by atoms with Crippen molar-refractivity contribution in [2.75, 3.05) is 19.6 Å². The summed E-state index contributed by atoms with van der Waals surface area (Å²) >= 11 is 0. The maximum Gasteiger partial charge on any atom is 0.236 e. The standard InChI is InChI=1S/C11H18N4O/c1-14-6-4-10(13-14)9-3-2-5-15(8-9)11(16)7-12/h4,6,9H,2-3,5,7-8,12H2,1H3/t9-/m1/s1. The van der Waals surface area contributed by atoms with Crippen LogP contribution in [0.3, 0.4) is 0 Å². The van der Waals surface area contributed by atoms with Crippen LogP contribution in [-0.2, 0) is 11.8 Å². The fourth-order valence-electron chi connectivity index (χ4n) is 2.22. The smallest absolute Gasteiger partial charge is 0.236 e. The van der Waals surface area contributed by atoms with E-state index in [0.717, 1.165) is 31.6 Å². The van der Waals surface area contributed by atoms with E-state index in [0.29, 0.717) is 5.92 Å². The average Bonchev–Trinajstić information content (AvgIpc) is 2.75. The minimum absolute atomic E-state index is 0.0423. The molecule has 0 saturated carbocycles. The third-order valence-electron chi connectivity index (χ3n) is 3.10. The first-order valence-electron chi connectivity index (χ1n) is 5.68. The Kier molecular flexibility index (Phi) is 3.24. The molecule has 1 aromatic rings. The molecule has 0 radical (unpaired) electrons. The molecule has 16 heavy (non-hydrogen) atoms. The number of nitrogens with two attached hydrogens (primary N) is 1. The van der Waals surface area contributed by atoms with Crippen molar-refractivity contribution >= 4 is 5.91 Å². The van der Waals surface area contributed by atoms with E-state index in [2.05, 4.69) is 5.10 Å². The van der Waals surface area contributed by atoms with E-state index in [9.17, 15) is 4.79 Å². The average molecular weight is 222 g/mol. The van der Waals surface area contributed by atoms with Gasteiger partial charge in [-0.2, -0.15) is 5.10 Å². The summed E-state index contributed by atoms with van der Waals surface area (Å²) in [6.45, 7) is 1.70. The second-order valence-electron chi connectivity index (χ2n) is 4.30. The van der Waals surface area contributed by atoms with Gasteiger partial charge in [-0.25, -0.2) is 0 Å². The molecule has 0 bridgehead atoms. The summed E-state index contributed by atoms with van der Waals surface area (Å²) in [4.78, 5) is 13.4. The lowest BCUT2D eigenvalue weighted by atomic mass is 9.95. The molecule has 2 rings (SSSR count). The van der Waals surface area contributed by atoms with Crippen LogP contribution in [0.15, 0.2) is 12.3 Å². The van der Waals surface area contributed by atoms with Crippen LogP contribution in [0, 0.1) is 0 Å². The number of piperidine rings is 1. The number of aryl methyl sites for hydroxylation is 1. The molecule has 1 aliphatic heterocycles. The summed E-state index contributed by atoms with van der Waals surface area (Å²) in [5.41, 5.74) is 6.46. The van der Waals surface area contributed by atoms with Crippen LogP contribution in [0.25, 0.3) is 0 Å². The van der Waals surface area contributed by atoms with Crippen molar-refractivity contribution in [3.05, 3.63) is 18.0 Å². The maximum absolute atomic E-state index is 11.5. The lowest BCUT2D eigenvalue weighted by molar-refractivity contribution is -0.130. The molecule has 5 nitrogen and oxygen atoms in total. The number of aromatic nitrogens is 2. The molecule has 1 saturated heterocycles. The van der Waals surface area contributed by atoms with Gasteiger partial charge in [0.2, 0.25) is 5.91 Å². The molecule has 1 aromatic heterocycles. The molecule has 0 unspecified atom stereocenters. The predicted molar refractivity (Wildman–Crippen MR) is 60.8 cm³/mol. The number of carbonyl (C=O) groups is 1. The summed E-state index contributed by atoms with van der Waals surface area (Å²) < 4.78 is 1.80. The van der Waals surface area contributed by atoms with Crippen LogP contribution in [0.5, 0.6) is 0 Å².